The van der Waals surface area contributed by atoms with Crippen LogP contribution in [0.25, 0.3) is 0 Å². The van der Waals surface area contributed by atoms with Gasteiger partial charge in [-0.3, -0.25) is 4.79 Å². The van der Waals surface area contributed by atoms with E-state index in [0.717, 1.165) is 19.4 Å². The largest absolute Gasteiger partial charge is 0.469 e. The number of piperidine rings is 1. The number of carbonyl (C=O) groups excluding carboxylic acids is 1. The van der Waals surface area contributed by atoms with E-state index in [9.17, 15) is 13.2 Å². The second kappa shape index (κ2) is 6.32. The maximum atomic E-state index is 11.7. The highest BCUT2D eigenvalue weighted by molar-refractivity contribution is 7.89. The van der Waals surface area contributed by atoms with Crippen LogP contribution in [0, 0.1) is 0 Å². The van der Waals surface area contributed by atoms with E-state index in [0.29, 0.717) is 0 Å². The van der Waals surface area contributed by atoms with Gasteiger partial charge in [-0.1, -0.05) is 0 Å². The van der Waals surface area contributed by atoms with Crippen molar-refractivity contribution < 1.29 is 17.9 Å². The lowest BCUT2D eigenvalue weighted by atomic mass is 10.0. The Hall–Kier alpha value is -0.660. The maximum Gasteiger partial charge on any atom is 0.306 e. The molecule has 0 aromatic heterocycles. The molecule has 6 nitrogen and oxygen atoms in total. The van der Waals surface area contributed by atoms with Gasteiger partial charge < -0.3 is 10.1 Å². The molecule has 0 aliphatic carbocycles. The highest BCUT2D eigenvalue weighted by Crippen LogP contribution is 2.09. The van der Waals surface area contributed by atoms with E-state index in [1.807, 2.05) is 6.92 Å². The fourth-order valence-corrected chi connectivity index (χ4v) is 3.15. The van der Waals surface area contributed by atoms with Crippen molar-refractivity contribution in [3.63, 3.8) is 0 Å². The van der Waals surface area contributed by atoms with Gasteiger partial charge in [-0.15, -0.1) is 0 Å². The number of methoxy groups -OCH3 is 1. The Morgan fingerprint density at radius 2 is 2.24 bits per heavy atom. The fraction of sp³-hybridized carbons (Fsp3) is 0.900. The van der Waals surface area contributed by atoms with Gasteiger partial charge in [-0.2, -0.15) is 0 Å². The summed E-state index contributed by atoms with van der Waals surface area (Å²) in [5.41, 5.74) is 0. The normalized spacial score (nSPS) is 25.5. The summed E-state index contributed by atoms with van der Waals surface area (Å²) < 4.78 is 30.5. The molecule has 1 saturated heterocycles. The maximum absolute atomic E-state index is 11.7. The molecule has 0 radical (unpaired) electrons. The van der Waals surface area contributed by atoms with Crippen molar-refractivity contribution in [2.45, 2.75) is 38.3 Å². The predicted octanol–water partition coefficient (Wildman–Crippen LogP) is -0.391. The van der Waals surface area contributed by atoms with Crippen molar-refractivity contribution >= 4 is 16.0 Å². The lowest BCUT2D eigenvalue weighted by molar-refractivity contribution is -0.140. The molecule has 0 bridgehead atoms. The van der Waals surface area contributed by atoms with E-state index in [2.05, 4.69) is 14.8 Å². The monoisotopic (exact) mass is 264 g/mol. The Morgan fingerprint density at radius 3 is 2.82 bits per heavy atom. The molecule has 2 unspecified atom stereocenters. The molecule has 0 spiro atoms. The van der Waals surface area contributed by atoms with Crippen LogP contribution in [0.4, 0.5) is 0 Å². The van der Waals surface area contributed by atoms with Gasteiger partial charge in [0.25, 0.3) is 0 Å². The third-order valence-corrected chi connectivity index (χ3v) is 4.30. The molecule has 0 saturated carbocycles. The van der Waals surface area contributed by atoms with E-state index >= 15 is 0 Å². The minimum atomic E-state index is -3.41. The first-order valence-electron chi connectivity index (χ1n) is 5.75. The molecule has 1 heterocycles. The Balaban J connectivity index is 2.45. The highest BCUT2D eigenvalue weighted by atomic mass is 32.2. The molecule has 1 aliphatic heterocycles. The molecule has 0 aromatic carbocycles. The van der Waals surface area contributed by atoms with E-state index < -0.39 is 16.0 Å². The first kappa shape index (κ1) is 14.4. The van der Waals surface area contributed by atoms with Crippen LogP contribution in [-0.4, -0.2) is 45.9 Å². The molecule has 1 fully saturated rings. The summed E-state index contributed by atoms with van der Waals surface area (Å²) in [6.45, 7) is 2.87. The average Bonchev–Trinajstić information content (AvgIpc) is 2.29. The Kier molecular flexibility index (Phi) is 5.35. The Labute approximate surface area is 102 Å². The zero-order chi connectivity index (χ0) is 12.9. The third-order valence-electron chi connectivity index (χ3n) is 2.90. The minimum absolute atomic E-state index is 0.0913. The topological polar surface area (TPSA) is 84.5 Å². The van der Waals surface area contributed by atoms with Gasteiger partial charge >= 0.3 is 5.97 Å². The molecule has 0 amide bonds. The summed E-state index contributed by atoms with van der Waals surface area (Å²) >= 11 is 0. The smallest absolute Gasteiger partial charge is 0.306 e. The number of nitrogens with one attached hydrogen (secondary N) is 2. The predicted molar refractivity (Wildman–Crippen MR) is 64.0 cm³/mol. The van der Waals surface area contributed by atoms with Crippen LogP contribution in [-0.2, 0) is 19.6 Å². The number of hydrogen-bond acceptors (Lipinski definition) is 5. The quantitative estimate of drug-likeness (QED) is 0.661. The van der Waals surface area contributed by atoms with Crippen LogP contribution in [0.5, 0.6) is 0 Å². The number of rotatable bonds is 5. The number of esters is 1. The van der Waals surface area contributed by atoms with Crippen LogP contribution in [0.2, 0.25) is 0 Å². The van der Waals surface area contributed by atoms with Crippen molar-refractivity contribution in [1.82, 2.24) is 10.0 Å². The molecule has 1 aliphatic rings. The Bertz CT molecular complexity index is 355. The second-order valence-electron chi connectivity index (χ2n) is 4.25. The number of ether oxygens (including phenoxy) is 1. The van der Waals surface area contributed by atoms with E-state index in [1.165, 1.54) is 7.11 Å². The number of sulfonamides is 1. The van der Waals surface area contributed by atoms with Crippen LogP contribution >= 0.6 is 0 Å². The van der Waals surface area contributed by atoms with Crippen LogP contribution in [0.3, 0.4) is 0 Å². The summed E-state index contributed by atoms with van der Waals surface area (Å²) in [6, 6.07) is 0.0306. The van der Waals surface area contributed by atoms with Crippen molar-refractivity contribution in [3.8, 4) is 0 Å². The third kappa shape index (κ3) is 5.01. The van der Waals surface area contributed by atoms with Crippen LogP contribution in [0.15, 0.2) is 0 Å². The summed E-state index contributed by atoms with van der Waals surface area (Å²) in [6.07, 6.45) is 1.67. The molecule has 1 rings (SSSR count). The zero-order valence-electron chi connectivity index (χ0n) is 10.2. The summed E-state index contributed by atoms with van der Waals surface area (Å²) in [4.78, 5) is 10.9. The van der Waals surface area contributed by atoms with Crippen molar-refractivity contribution in [2.75, 3.05) is 19.4 Å². The van der Waals surface area contributed by atoms with Gasteiger partial charge in [-0.05, 0) is 26.3 Å². The lowest BCUT2D eigenvalue weighted by Gasteiger charge is -2.30. The van der Waals surface area contributed by atoms with Crippen molar-refractivity contribution in [2.24, 2.45) is 0 Å². The van der Waals surface area contributed by atoms with Gasteiger partial charge in [-0.25, -0.2) is 13.1 Å². The summed E-state index contributed by atoms with van der Waals surface area (Å²) in [5.74, 6) is -0.728. The fourth-order valence-electron chi connectivity index (χ4n) is 1.81. The van der Waals surface area contributed by atoms with Crippen LogP contribution in [0.1, 0.15) is 26.2 Å². The Morgan fingerprint density at radius 1 is 1.53 bits per heavy atom. The number of carbonyl (C=O) groups is 1. The van der Waals surface area contributed by atoms with Gasteiger partial charge in [0.1, 0.15) is 0 Å². The zero-order valence-corrected chi connectivity index (χ0v) is 11.0. The molecule has 0 aromatic rings. The van der Waals surface area contributed by atoms with Crippen molar-refractivity contribution in [3.05, 3.63) is 0 Å². The molecule has 2 N–H and O–H groups in total. The van der Waals surface area contributed by atoms with Gasteiger partial charge in [0, 0.05) is 12.1 Å². The lowest BCUT2D eigenvalue weighted by Crippen LogP contribution is -2.52. The van der Waals surface area contributed by atoms with E-state index in [1.54, 1.807) is 0 Å². The summed E-state index contributed by atoms with van der Waals surface area (Å²) in [5, 5.41) is 3.21. The first-order chi connectivity index (χ1) is 7.94. The van der Waals surface area contributed by atoms with Crippen LogP contribution < -0.4 is 10.0 Å². The first-order valence-corrected chi connectivity index (χ1v) is 7.40. The van der Waals surface area contributed by atoms with Gasteiger partial charge in [0.2, 0.25) is 10.0 Å². The molecular formula is C10H20N2O4S. The number of hydrogen-bond donors (Lipinski definition) is 2. The average molecular weight is 264 g/mol. The SMILES string of the molecule is COC(=O)CCS(=O)(=O)NC1CCCNC1C. The standard InChI is InChI=1S/C10H20N2O4S/c1-8-9(4-3-6-11-8)12-17(14,15)7-5-10(13)16-2/h8-9,11-12H,3-7H2,1-2H3. The highest BCUT2D eigenvalue weighted by Gasteiger charge is 2.25. The van der Waals surface area contributed by atoms with Gasteiger partial charge in [0.05, 0.1) is 19.3 Å². The second-order valence-corrected chi connectivity index (χ2v) is 6.13. The van der Waals surface area contributed by atoms with Gasteiger partial charge in [0.15, 0.2) is 0 Å². The molecule has 2 atom stereocenters. The molecular weight excluding hydrogens is 244 g/mol. The van der Waals surface area contributed by atoms with E-state index in [-0.39, 0.29) is 24.3 Å². The molecule has 17 heavy (non-hydrogen) atoms. The molecule has 7 heteroatoms. The molecule has 100 valence electrons. The van der Waals surface area contributed by atoms with Crippen molar-refractivity contribution in [1.29, 1.82) is 0 Å². The summed E-state index contributed by atoms with van der Waals surface area (Å²) in [7, 11) is -2.16. The minimum Gasteiger partial charge on any atom is -0.469 e. The van der Waals surface area contributed by atoms with E-state index in [4.69, 9.17) is 0 Å².